The largest absolute Gasteiger partial charge is 0.456 e. The minimum atomic E-state index is -1.23. The van der Waals surface area contributed by atoms with Gasteiger partial charge in [-0.3, -0.25) is 0 Å². The average molecular weight is 713 g/mol. The van der Waals surface area contributed by atoms with Crippen molar-refractivity contribution in [3.05, 3.63) is 164 Å². The molecule has 2 atom stereocenters. The predicted octanol–water partition coefficient (Wildman–Crippen LogP) is 11.8. The lowest BCUT2D eigenvalue weighted by Crippen LogP contribution is -2.37. The van der Waals surface area contributed by atoms with Crippen LogP contribution in [0.5, 0.6) is 11.5 Å². The second-order valence-electron chi connectivity index (χ2n) is 14.0. The summed E-state index contributed by atoms with van der Waals surface area (Å²) >= 11 is 5.05. The van der Waals surface area contributed by atoms with Gasteiger partial charge < -0.3 is 14.2 Å². The highest BCUT2D eigenvalue weighted by Crippen LogP contribution is 2.57. The van der Waals surface area contributed by atoms with E-state index >= 15 is 0 Å². The highest BCUT2D eigenvalue weighted by atomic mass is 32.2. The number of carbonyl (C=O) groups excluding carboxylic acids is 1. The summed E-state index contributed by atoms with van der Waals surface area (Å²) in [5, 5.41) is 4.14. The first-order valence-electron chi connectivity index (χ1n) is 16.5. The first-order chi connectivity index (χ1) is 24.1. The molecule has 0 fully saturated rings. The summed E-state index contributed by atoms with van der Waals surface area (Å²) in [6.45, 7) is 12.8. The zero-order valence-electron chi connectivity index (χ0n) is 28.3. The Kier molecular flexibility index (Phi) is 8.15. The van der Waals surface area contributed by atoms with Gasteiger partial charge in [0.25, 0.3) is 0 Å². The summed E-state index contributed by atoms with van der Waals surface area (Å²) in [5.41, 5.74) is 4.05. The number of esters is 1. The minimum absolute atomic E-state index is 0.0529. The average Bonchev–Trinajstić information content (AvgIpc) is 3.86. The van der Waals surface area contributed by atoms with Crippen LogP contribution in [0.25, 0.3) is 11.1 Å². The van der Waals surface area contributed by atoms with Gasteiger partial charge in [0.2, 0.25) is 5.60 Å². The molecule has 7 heteroatoms. The molecule has 4 aromatic carbocycles. The minimum Gasteiger partial charge on any atom is -0.456 e. The van der Waals surface area contributed by atoms with Crippen molar-refractivity contribution < 1.29 is 19.0 Å². The lowest BCUT2D eigenvalue weighted by molar-refractivity contribution is -0.148. The number of para-hydroxylation sites is 1. The van der Waals surface area contributed by atoms with E-state index in [2.05, 4.69) is 99.5 Å². The number of thiophene rings is 2. The first kappa shape index (κ1) is 32.8. The van der Waals surface area contributed by atoms with E-state index in [1.807, 2.05) is 47.8 Å². The van der Waals surface area contributed by atoms with Gasteiger partial charge >= 0.3 is 5.97 Å². The summed E-state index contributed by atoms with van der Waals surface area (Å²) in [4.78, 5) is 17.9. The molecule has 6 aromatic rings. The van der Waals surface area contributed by atoms with Crippen LogP contribution in [0.2, 0.25) is 0 Å². The van der Waals surface area contributed by atoms with Gasteiger partial charge in [-0.15, -0.1) is 22.7 Å². The zero-order chi connectivity index (χ0) is 34.7. The van der Waals surface area contributed by atoms with Crippen molar-refractivity contribution in [3.63, 3.8) is 0 Å². The molecule has 8 rings (SSSR count). The molecule has 2 aromatic heterocycles. The molecule has 0 N–H and O–H groups in total. The molecule has 0 radical (unpaired) electrons. The maximum atomic E-state index is 13.5. The normalized spacial score (nSPS) is 19.0. The monoisotopic (exact) mass is 712 g/mol. The molecule has 4 nitrogen and oxygen atoms in total. The molecule has 0 amide bonds. The molecule has 0 aliphatic carbocycles. The third-order valence-corrected chi connectivity index (χ3v) is 12.2. The third kappa shape index (κ3) is 5.35. The van der Waals surface area contributed by atoms with Gasteiger partial charge in [0.1, 0.15) is 11.5 Å². The Morgan fingerprint density at radius 2 is 1.30 bits per heavy atom. The van der Waals surface area contributed by atoms with Crippen molar-refractivity contribution in [2.45, 2.75) is 48.7 Å². The maximum Gasteiger partial charge on any atom is 0.334 e. The van der Waals surface area contributed by atoms with Crippen molar-refractivity contribution in [2.75, 3.05) is 6.61 Å². The van der Waals surface area contributed by atoms with E-state index in [-0.39, 0.29) is 5.41 Å². The molecule has 0 saturated heterocycles. The van der Waals surface area contributed by atoms with Gasteiger partial charge in [-0.05, 0) is 82.8 Å². The van der Waals surface area contributed by atoms with Crippen LogP contribution in [0.4, 0.5) is 0 Å². The Morgan fingerprint density at radius 1 is 0.700 bits per heavy atom. The van der Waals surface area contributed by atoms with Gasteiger partial charge in [0.05, 0.1) is 11.5 Å². The Labute approximate surface area is 305 Å². The summed E-state index contributed by atoms with van der Waals surface area (Å²) < 4.78 is 20.3. The van der Waals surface area contributed by atoms with Gasteiger partial charge in [-0.2, -0.15) is 0 Å². The molecule has 2 aliphatic heterocycles. The van der Waals surface area contributed by atoms with Gasteiger partial charge in [-0.1, -0.05) is 99.8 Å². The quantitative estimate of drug-likeness (QED) is 0.122. The first-order valence-corrected chi connectivity index (χ1v) is 19.1. The second kappa shape index (κ2) is 12.4. The summed E-state index contributed by atoms with van der Waals surface area (Å²) in [7, 11) is 0. The van der Waals surface area contributed by atoms with Crippen molar-refractivity contribution in [3.8, 4) is 22.6 Å². The molecule has 0 bridgehead atoms. The fourth-order valence-electron chi connectivity index (χ4n) is 6.79. The molecule has 4 heterocycles. The molecule has 2 aliphatic rings. The van der Waals surface area contributed by atoms with Crippen LogP contribution >= 0.6 is 34.4 Å². The number of rotatable bonds is 7. The van der Waals surface area contributed by atoms with Gasteiger partial charge in [-0.25, -0.2) is 4.79 Å². The van der Waals surface area contributed by atoms with Crippen LogP contribution in [-0.2, 0) is 25.5 Å². The van der Waals surface area contributed by atoms with Crippen LogP contribution in [0, 0.1) is 5.41 Å². The summed E-state index contributed by atoms with van der Waals surface area (Å²) in [6, 6.07) is 37.6. The predicted molar refractivity (Wildman–Crippen MR) is 204 cm³/mol. The smallest absolute Gasteiger partial charge is 0.334 e. The Morgan fingerprint density at radius 3 is 1.98 bits per heavy atom. The van der Waals surface area contributed by atoms with E-state index in [1.165, 1.54) is 4.90 Å². The molecule has 0 saturated carbocycles. The SMILES string of the molecule is C=C(C)C(=O)OC1(c2cccs2)c2ccccc2Oc2ccc(-c3ccc4c(c3)C(OCC(C)(C)C)(c3cccs3)c3ccccc3S4)cc21. The number of ether oxygens (including phenoxy) is 3. The fourth-order valence-corrected chi connectivity index (χ4v) is 9.74. The number of benzene rings is 4. The lowest BCUT2D eigenvalue weighted by Gasteiger charge is -2.41. The van der Waals surface area contributed by atoms with Crippen LogP contribution in [0.3, 0.4) is 0 Å². The Bertz CT molecular complexity index is 2250. The van der Waals surface area contributed by atoms with E-state index in [0.29, 0.717) is 23.7 Å². The van der Waals surface area contributed by atoms with E-state index in [4.69, 9.17) is 14.2 Å². The van der Waals surface area contributed by atoms with E-state index in [0.717, 1.165) is 48.0 Å². The third-order valence-electron chi connectivity index (χ3n) is 9.08. The molecule has 2 unspecified atom stereocenters. The van der Waals surface area contributed by atoms with Crippen LogP contribution in [0.1, 0.15) is 59.7 Å². The lowest BCUT2D eigenvalue weighted by atomic mass is 9.79. The molecular formula is C43H36O4S3. The molecule has 50 heavy (non-hydrogen) atoms. The van der Waals surface area contributed by atoms with Crippen molar-refractivity contribution in [1.82, 2.24) is 0 Å². The molecule has 250 valence electrons. The van der Waals surface area contributed by atoms with Gasteiger partial charge in [0.15, 0.2) is 5.60 Å². The van der Waals surface area contributed by atoms with Crippen molar-refractivity contribution in [2.24, 2.45) is 5.41 Å². The van der Waals surface area contributed by atoms with Crippen LogP contribution in [0.15, 0.2) is 142 Å². The second-order valence-corrected chi connectivity index (χ2v) is 16.9. The zero-order valence-corrected chi connectivity index (χ0v) is 30.8. The Hall–Kier alpha value is -4.40. The number of fused-ring (bicyclic) bond motifs is 4. The van der Waals surface area contributed by atoms with Crippen molar-refractivity contribution in [1.29, 1.82) is 0 Å². The number of hydrogen-bond acceptors (Lipinski definition) is 7. The van der Waals surface area contributed by atoms with E-state index in [1.54, 1.807) is 41.4 Å². The number of hydrogen-bond donors (Lipinski definition) is 0. The van der Waals surface area contributed by atoms with E-state index in [9.17, 15) is 4.79 Å². The summed E-state index contributed by atoms with van der Waals surface area (Å²) in [5.74, 6) is 0.823. The van der Waals surface area contributed by atoms with Crippen LogP contribution < -0.4 is 4.74 Å². The van der Waals surface area contributed by atoms with Gasteiger partial charge in [0, 0.05) is 42.5 Å². The van der Waals surface area contributed by atoms with Crippen molar-refractivity contribution >= 4 is 40.4 Å². The maximum absolute atomic E-state index is 13.5. The standard InChI is InChI=1S/C43H36O4S3/c1-27(2)40(44)47-43(39-17-11-23-49-39)30-12-6-8-14-34(30)46-35-20-18-28(24-32(35)43)29-19-21-37-33(25-29)42(38-16-10-22-48-38,45-26-41(3,4)5)31-13-7-9-15-36(31)50-37/h6-25H,1,26H2,2-5H3. The summed E-state index contributed by atoms with van der Waals surface area (Å²) in [6.07, 6.45) is 0. The highest BCUT2D eigenvalue weighted by molar-refractivity contribution is 7.99. The van der Waals surface area contributed by atoms with E-state index < -0.39 is 17.2 Å². The Balaban J connectivity index is 1.34. The highest BCUT2D eigenvalue weighted by Gasteiger charge is 2.49. The molecule has 0 spiro atoms. The topological polar surface area (TPSA) is 44.8 Å². The molecular weight excluding hydrogens is 677 g/mol. The fraction of sp³-hybridized carbons (Fsp3) is 0.186. The van der Waals surface area contributed by atoms with Crippen LogP contribution in [-0.4, -0.2) is 12.6 Å². The number of carbonyl (C=O) groups is 1.